The molecule has 1 aromatic carbocycles. The lowest BCUT2D eigenvalue weighted by molar-refractivity contribution is -0.136. The van der Waals surface area contributed by atoms with Crippen molar-refractivity contribution in [2.75, 3.05) is 37.7 Å². The number of carbonyl (C=O) groups excluding carboxylic acids is 1. The van der Waals surface area contributed by atoms with Gasteiger partial charge in [0.2, 0.25) is 5.91 Å². The fraction of sp³-hybridized carbons (Fsp3) is 0.556. The first-order chi connectivity index (χ1) is 13.4. The summed E-state index contributed by atoms with van der Waals surface area (Å²) in [6, 6.07) is 6.23. The van der Waals surface area contributed by atoms with Crippen LogP contribution in [0.4, 0.5) is 0 Å². The van der Waals surface area contributed by atoms with E-state index in [-0.39, 0.29) is 29.0 Å². The molecule has 0 N–H and O–H groups in total. The van der Waals surface area contributed by atoms with Crippen LogP contribution in [-0.4, -0.2) is 82.8 Å². The number of benzene rings is 1. The molecule has 150 valence electrons. The Kier molecular flexibility index (Phi) is 4.92. The molecule has 1 aromatic heterocycles. The highest BCUT2D eigenvalue weighted by Crippen LogP contribution is 2.20. The van der Waals surface area contributed by atoms with E-state index < -0.39 is 15.9 Å². The molecular weight excluding hydrogens is 382 g/mol. The second-order valence-corrected chi connectivity index (χ2v) is 9.68. The summed E-state index contributed by atoms with van der Waals surface area (Å²) in [5.41, 5.74) is 0.171. The van der Waals surface area contributed by atoms with E-state index in [1.54, 1.807) is 36.1 Å². The molecule has 0 spiro atoms. The van der Waals surface area contributed by atoms with E-state index in [0.717, 1.165) is 4.68 Å². The molecule has 0 bridgehead atoms. The molecule has 2 saturated heterocycles. The van der Waals surface area contributed by atoms with E-state index in [0.29, 0.717) is 43.5 Å². The summed E-state index contributed by atoms with van der Waals surface area (Å²) in [6.45, 7) is 3.95. The maximum absolute atomic E-state index is 12.9. The summed E-state index contributed by atoms with van der Waals surface area (Å²) < 4.78 is 24.5. The van der Waals surface area contributed by atoms with Crippen LogP contribution >= 0.6 is 0 Å². The average Bonchev–Trinajstić information content (AvgIpc) is 3.07. The highest BCUT2D eigenvalue weighted by Gasteiger charge is 2.35. The first-order valence-electron chi connectivity index (χ1n) is 9.43. The normalized spacial score (nSPS) is 23.8. The quantitative estimate of drug-likeness (QED) is 0.689. The van der Waals surface area contributed by atoms with Crippen molar-refractivity contribution in [2.24, 2.45) is 0 Å². The van der Waals surface area contributed by atoms with Gasteiger partial charge in [-0.25, -0.2) is 8.42 Å². The number of rotatable bonds is 3. The lowest BCUT2D eigenvalue weighted by atomic mass is 10.1. The Labute approximate surface area is 162 Å². The molecule has 9 nitrogen and oxygen atoms in total. The van der Waals surface area contributed by atoms with Crippen molar-refractivity contribution in [3.05, 3.63) is 34.6 Å². The van der Waals surface area contributed by atoms with Gasteiger partial charge in [0.05, 0.1) is 16.9 Å². The maximum Gasteiger partial charge on any atom is 0.278 e. The Bertz CT molecular complexity index is 1060. The Hall–Kier alpha value is -2.33. The molecule has 0 saturated carbocycles. The lowest BCUT2D eigenvalue weighted by Crippen LogP contribution is -2.53. The second kappa shape index (κ2) is 7.25. The van der Waals surface area contributed by atoms with Gasteiger partial charge in [0.15, 0.2) is 9.84 Å². The van der Waals surface area contributed by atoms with E-state index in [1.165, 1.54) is 0 Å². The molecule has 10 heteroatoms. The lowest BCUT2D eigenvalue weighted by Gasteiger charge is -2.38. The number of carbonyl (C=O) groups is 1. The van der Waals surface area contributed by atoms with E-state index in [2.05, 4.69) is 15.2 Å². The van der Waals surface area contributed by atoms with E-state index >= 15 is 0 Å². The summed E-state index contributed by atoms with van der Waals surface area (Å²) in [4.78, 5) is 29.4. The van der Waals surface area contributed by atoms with Crippen LogP contribution in [0.2, 0.25) is 0 Å². The zero-order chi connectivity index (χ0) is 19.9. The van der Waals surface area contributed by atoms with Gasteiger partial charge >= 0.3 is 0 Å². The van der Waals surface area contributed by atoms with Gasteiger partial charge in [-0.3, -0.25) is 14.5 Å². The molecule has 3 heterocycles. The van der Waals surface area contributed by atoms with Crippen LogP contribution in [0.3, 0.4) is 0 Å². The number of nitrogens with zero attached hydrogens (tertiary/aromatic N) is 5. The molecule has 28 heavy (non-hydrogen) atoms. The molecule has 2 aromatic rings. The number of hydrogen-bond acceptors (Lipinski definition) is 7. The van der Waals surface area contributed by atoms with Crippen molar-refractivity contribution >= 4 is 26.6 Å². The third-order valence-electron chi connectivity index (χ3n) is 5.67. The highest BCUT2D eigenvalue weighted by atomic mass is 32.2. The number of piperazine rings is 1. The van der Waals surface area contributed by atoms with Gasteiger partial charge < -0.3 is 4.90 Å². The molecule has 2 aliphatic heterocycles. The Morgan fingerprint density at radius 1 is 1.18 bits per heavy atom. The molecule has 0 aliphatic carbocycles. The second-order valence-electron chi connectivity index (χ2n) is 7.45. The fourth-order valence-electron chi connectivity index (χ4n) is 4.00. The Morgan fingerprint density at radius 2 is 1.89 bits per heavy atom. The van der Waals surface area contributed by atoms with Crippen LogP contribution in [0, 0.1) is 0 Å². The number of sulfone groups is 1. The monoisotopic (exact) mass is 405 g/mol. The van der Waals surface area contributed by atoms with Crippen molar-refractivity contribution in [3.8, 4) is 0 Å². The molecule has 0 unspecified atom stereocenters. The fourth-order valence-corrected chi connectivity index (χ4v) is 5.76. The minimum atomic E-state index is -2.92. The summed E-state index contributed by atoms with van der Waals surface area (Å²) in [5, 5.41) is 8.43. The van der Waals surface area contributed by atoms with Gasteiger partial charge in [0.1, 0.15) is 11.6 Å². The molecule has 4 rings (SSSR count). The molecular formula is C18H23N5O4S. The molecule has 2 fully saturated rings. The first-order valence-corrected chi connectivity index (χ1v) is 11.3. The van der Waals surface area contributed by atoms with Crippen molar-refractivity contribution in [3.63, 3.8) is 0 Å². The van der Waals surface area contributed by atoms with Gasteiger partial charge in [0.25, 0.3) is 5.56 Å². The first kappa shape index (κ1) is 19.0. The van der Waals surface area contributed by atoms with E-state index in [9.17, 15) is 18.0 Å². The molecule has 0 radical (unpaired) electrons. The van der Waals surface area contributed by atoms with Crippen molar-refractivity contribution in [2.45, 2.75) is 25.4 Å². The van der Waals surface area contributed by atoms with Crippen molar-refractivity contribution < 1.29 is 13.2 Å². The maximum atomic E-state index is 12.9. The number of aromatic nitrogens is 3. The third kappa shape index (κ3) is 3.53. The van der Waals surface area contributed by atoms with E-state index in [1.807, 2.05) is 0 Å². The van der Waals surface area contributed by atoms with Crippen LogP contribution in [0.1, 0.15) is 19.4 Å². The van der Waals surface area contributed by atoms with Crippen LogP contribution in [0.5, 0.6) is 0 Å². The van der Waals surface area contributed by atoms with Crippen LogP contribution in [0.15, 0.2) is 29.1 Å². The van der Waals surface area contributed by atoms with Crippen molar-refractivity contribution in [1.82, 2.24) is 24.8 Å². The largest absolute Gasteiger partial charge is 0.338 e. The van der Waals surface area contributed by atoms with Crippen LogP contribution in [0.25, 0.3) is 10.9 Å². The van der Waals surface area contributed by atoms with E-state index in [4.69, 9.17) is 0 Å². The standard InChI is InChI=1S/C18H23N5O4S/c1-13(23-18(25)15-4-2-3-5-16(15)19-20-23)17(24)22-9-7-21(8-10-22)14-6-11-28(26,27)12-14/h2-5,13-14H,6-12H2,1H3/t13-,14+/m0/s1. The summed E-state index contributed by atoms with van der Waals surface area (Å²) >= 11 is 0. The molecule has 2 atom stereocenters. The zero-order valence-electron chi connectivity index (χ0n) is 15.7. The average molecular weight is 405 g/mol. The smallest absolute Gasteiger partial charge is 0.278 e. The van der Waals surface area contributed by atoms with Crippen LogP contribution in [-0.2, 0) is 14.6 Å². The highest BCUT2D eigenvalue weighted by molar-refractivity contribution is 7.91. The Balaban J connectivity index is 1.44. The molecule has 2 aliphatic rings. The number of fused-ring (bicyclic) bond motifs is 1. The number of amides is 1. The van der Waals surface area contributed by atoms with Gasteiger partial charge in [0, 0.05) is 32.2 Å². The summed E-state index contributed by atoms with van der Waals surface area (Å²) in [6.07, 6.45) is 0.661. The zero-order valence-corrected chi connectivity index (χ0v) is 16.5. The van der Waals surface area contributed by atoms with Gasteiger partial charge in [-0.05, 0) is 25.5 Å². The minimum absolute atomic E-state index is 0.0497. The Morgan fingerprint density at radius 3 is 2.57 bits per heavy atom. The summed E-state index contributed by atoms with van der Waals surface area (Å²) in [7, 11) is -2.92. The SMILES string of the molecule is C[C@@H](C(=O)N1CCN([C@@H]2CCS(=O)(=O)C2)CC1)n1nnc2ccccc2c1=O. The predicted molar refractivity (Wildman–Crippen MR) is 104 cm³/mol. The summed E-state index contributed by atoms with van der Waals surface area (Å²) in [5.74, 6) is 0.280. The minimum Gasteiger partial charge on any atom is -0.338 e. The predicted octanol–water partition coefficient (Wildman–Crippen LogP) is -0.316. The van der Waals surface area contributed by atoms with Gasteiger partial charge in [-0.15, -0.1) is 5.10 Å². The van der Waals surface area contributed by atoms with Gasteiger partial charge in [-0.1, -0.05) is 17.3 Å². The third-order valence-corrected chi connectivity index (χ3v) is 7.42. The topological polar surface area (TPSA) is 105 Å². The van der Waals surface area contributed by atoms with Crippen molar-refractivity contribution in [1.29, 1.82) is 0 Å². The van der Waals surface area contributed by atoms with Crippen LogP contribution < -0.4 is 5.56 Å². The van der Waals surface area contributed by atoms with Gasteiger partial charge in [-0.2, -0.15) is 4.68 Å². The number of hydrogen-bond donors (Lipinski definition) is 0. The molecule has 1 amide bonds.